The van der Waals surface area contributed by atoms with E-state index >= 15 is 0 Å². The zero-order valence-electron chi connectivity index (χ0n) is 17.7. The smallest absolute Gasteiger partial charge is 0.224 e. The van der Waals surface area contributed by atoms with Gasteiger partial charge in [-0.05, 0) is 28.1 Å². The Morgan fingerprint density at radius 3 is 2.19 bits per heavy atom. The van der Waals surface area contributed by atoms with Crippen molar-refractivity contribution in [1.29, 1.82) is 0 Å². The van der Waals surface area contributed by atoms with Crippen LogP contribution in [-0.4, -0.2) is 15.1 Å². The third kappa shape index (κ3) is 8.42. The van der Waals surface area contributed by atoms with Crippen LogP contribution in [-0.2, 0) is 10.8 Å². The molecule has 1 aromatic rings. The van der Waals surface area contributed by atoms with Gasteiger partial charge >= 0.3 is 0 Å². The van der Waals surface area contributed by atoms with Gasteiger partial charge in [0.2, 0.25) is 9.04 Å². The minimum Gasteiger partial charge on any atom is -0.402 e. The first-order valence-electron chi connectivity index (χ1n) is 9.82. The van der Waals surface area contributed by atoms with Gasteiger partial charge < -0.3 is 4.43 Å². The third-order valence-electron chi connectivity index (χ3n) is 4.15. The second kappa shape index (κ2) is 10.7. The molecule has 0 aliphatic rings. The van der Waals surface area contributed by atoms with Gasteiger partial charge in [0.1, 0.15) is 6.10 Å². The predicted octanol–water partition coefficient (Wildman–Crippen LogP) is 7.55. The first-order chi connectivity index (χ1) is 12.1. The summed E-state index contributed by atoms with van der Waals surface area (Å²) in [6.07, 6.45) is 5.44. The summed E-state index contributed by atoms with van der Waals surface area (Å²) in [6, 6.07) is 8.41. The van der Waals surface area contributed by atoms with Crippen LogP contribution in [0.1, 0.15) is 79.7 Å². The Morgan fingerprint density at radius 1 is 1.04 bits per heavy atom. The van der Waals surface area contributed by atoms with E-state index in [2.05, 4.69) is 101 Å². The topological polar surface area (TPSA) is 9.23 Å². The van der Waals surface area contributed by atoms with E-state index in [1.165, 1.54) is 24.8 Å². The summed E-state index contributed by atoms with van der Waals surface area (Å²) in [6.45, 7) is 16.0. The Bertz CT molecular complexity index is 587. The second-order valence-corrected chi connectivity index (χ2v) is 13.8. The van der Waals surface area contributed by atoms with Crippen molar-refractivity contribution in [3.8, 4) is 11.8 Å². The van der Waals surface area contributed by atoms with Crippen molar-refractivity contribution < 1.29 is 4.43 Å². The Hall–Kier alpha value is -0.563. The molecule has 0 aliphatic heterocycles. The van der Waals surface area contributed by atoms with Crippen LogP contribution in [0.2, 0.25) is 10.1 Å². The van der Waals surface area contributed by atoms with E-state index < -0.39 is 9.04 Å². The number of hydrogen-bond donors (Lipinski definition) is 0. The van der Waals surface area contributed by atoms with E-state index in [1.807, 2.05) is 0 Å². The molecule has 1 nitrogen and oxygen atoms in total. The summed E-state index contributed by atoms with van der Waals surface area (Å²) in [5.74, 6) is 6.86. The lowest BCUT2D eigenvalue weighted by Crippen LogP contribution is -2.41. The minimum atomic E-state index is -1.07. The zero-order chi connectivity index (χ0) is 19.8. The van der Waals surface area contributed by atoms with Crippen LogP contribution in [0.5, 0.6) is 0 Å². The molecule has 1 unspecified atom stereocenters. The number of unbranched alkanes of at least 4 members (excludes halogenated alkanes) is 3. The highest BCUT2D eigenvalue weighted by Crippen LogP contribution is 2.43. The Labute approximate surface area is 172 Å². The largest absolute Gasteiger partial charge is 0.402 e. The molecule has 1 radical (unpaired) electrons. The van der Waals surface area contributed by atoms with Crippen LogP contribution in [0, 0.1) is 11.8 Å². The highest BCUT2D eigenvalue weighted by Gasteiger charge is 2.40. The SMILES string of the molecule is CCCCCC#CC(Cc1ccccc1Br)O[Si](C(C)(C)C)C(C)(C)C. The van der Waals surface area contributed by atoms with E-state index in [9.17, 15) is 0 Å². The standard InChI is InChI=1S/C23H36BrOSi/c1-8-9-10-11-12-16-20(18-19-15-13-14-17-21(19)24)25-26(22(2,3)4)23(5,6)7/h13-15,17,20H,8-11,18H2,1-7H3. The lowest BCUT2D eigenvalue weighted by Gasteiger charge is -2.39. The highest BCUT2D eigenvalue weighted by molar-refractivity contribution is 9.10. The molecule has 0 aromatic heterocycles. The van der Waals surface area contributed by atoms with Gasteiger partial charge in [-0.15, -0.1) is 5.92 Å². The monoisotopic (exact) mass is 435 g/mol. The van der Waals surface area contributed by atoms with E-state index in [0.717, 1.165) is 17.3 Å². The molecule has 1 atom stereocenters. The maximum Gasteiger partial charge on any atom is 0.224 e. The Morgan fingerprint density at radius 2 is 1.65 bits per heavy atom. The van der Waals surface area contributed by atoms with E-state index in [-0.39, 0.29) is 16.2 Å². The number of hydrogen-bond acceptors (Lipinski definition) is 1. The molecular weight excluding hydrogens is 400 g/mol. The molecule has 0 spiro atoms. The molecule has 0 saturated carbocycles. The minimum absolute atomic E-state index is 0.0392. The van der Waals surface area contributed by atoms with Gasteiger partial charge in [0.25, 0.3) is 0 Å². The van der Waals surface area contributed by atoms with Gasteiger partial charge in [0, 0.05) is 17.3 Å². The lowest BCUT2D eigenvalue weighted by molar-refractivity contribution is 0.230. The van der Waals surface area contributed by atoms with Crippen LogP contribution in [0.15, 0.2) is 28.7 Å². The number of halogens is 1. The number of benzene rings is 1. The molecule has 1 rings (SSSR count). The second-order valence-electron chi connectivity index (χ2n) is 9.01. The van der Waals surface area contributed by atoms with E-state index in [4.69, 9.17) is 4.43 Å². The summed E-state index contributed by atoms with van der Waals surface area (Å²) in [5, 5.41) is 0.331. The summed E-state index contributed by atoms with van der Waals surface area (Å²) in [4.78, 5) is 0. The average molecular weight is 437 g/mol. The molecule has 145 valence electrons. The Balaban J connectivity index is 3.00. The van der Waals surface area contributed by atoms with Crippen molar-refractivity contribution in [2.75, 3.05) is 0 Å². The van der Waals surface area contributed by atoms with Gasteiger partial charge in [0.15, 0.2) is 0 Å². The van der Waals surface area contributed by atoms with Crippen molar-refractivity contribution in [2.45, 2.75) is 96.8 Å². The van der Waals surface area contributed by atoms with Crippen LogP contribution in [0.4, 0.5) is 0 Å². The maximum atomic E-state index is 6.75. The molecule has 1 aromatic carbocycles. The summed E-state index contributed by atoms with van der Waals surface area (Å²) in [5.41, 5.74) is 1.27. The molecular formula is C23H36BrOSi. The fourth-order valence-electron chi connectivity index (χ4n) is 3.26. The van der Waals surface area contributed by atoms with Gasteiger partial charge in [-0.1, -0.05) is 101 Å². The summed E-state index contributed by atoms with van der Waals surface area (Å²) < 4.78 is 7.89. The van der Waals surface area contributed by atoms with Crippen molar-refractivity contribution >= 4 is 25.0 Å². The van der Waals surface area contributed by atoms with Crippen LogP contribution in [0.3, 0.4) is 0 Å². The van der Waals surface area contributed by atoms with Gasteiger partial charge in [-0.25, -0.2) is 0 Å². The first-order valence-corrected chi connectivity index (χ1v) is 12.0. The van der Waals surface area contributed by atoms with Crippen molar-refractivity contribution in [3.05, 3.63) is 34.3 Å². The van der Waals surface area contributed by atoms with Crippen molar-refractivity contribution in [3.63, 3.8) is 0 Å². The number of rotatable bonds is 7. The molecule has 0 amide bonds. The molecule has 0 fully saturated rings. The summed E-state index contributed by atoms with van der Waals surface area (Å²) >= 11 is 3.68. The van der Waals surface area contributed by atoms with Gasteiger partial charge in [-0.2, -0.15) is 0 Å². The zero-order valence-corrected chi connectivity index (χ0v) is 20.3. The van der Waals surface area contributed by atoms with Crippen LogP contribution in [0.25, 0.3) is 0 Å². The molecule has 3 heteroatoms. The van der Waals surface area contributed by atoms with Crippen LogP contribution < -0.4 is 0 Å². The maximum absolute atomic E-state index is 6.75. The molecule has 0 bridgehead atoms. The van der Waals surface area contributed by atoms with Crippen LogP contribution >= 0.6 is 15.9 Å². The normalized spacial score (nSPS) is 13.4. The van der Waals surface area contributed by atoms with Crippen molar-refractivity contribution in [2.24, 2.45) is 0 Å². The molecule has 26 heavy (non-hydrogen) atoms. The van der Waals surface area contributed by atoms with Gasteiger partial charge in [-0.3, -0.25) is 0 Å². The fourth-order valence-corrected chi connectivity index (χ4v) is 7.09. The lowest BCUT2D eigenvalue weighted by atomic mass is 10.1. The third-order valence-corrected chi connectivity index (χ3v) is 8.17. The molecule has 0 saturated heterocycles. The van der Waals surface area contributed by atoms with E-state index in [1.54, 1.807) is 0 Å². The first kappa shape index (κ1) is 23.5. The quantitative estimate of drug-likeness (QED) is 0.244. The van der Waals surface area contributed by atoms with E-state index in [0.29, 0.717) is 0 Å². The highest BCUT2D eigenvalue weighted by atomic mass is 79.9. The summed E-state index contributed by atoms with van der Waals surface area (Å²) in [7, 11) is -1.07. The average Bonchev–Trinajstić information content (AvgIpc) is 2.51. The van der Waals surface area contributed by atoms with Crippen molar-refractivity contribution in [1.82, 2.24) is 0 Å². The molecule has 0 heterocycles. The molecule has 0 aliphatic carbocycles. The fraction of sp³-hybridized carbons (Fsp3) is 0.652. The van der Waals surface area contributed by atoms with Gasteiger partial charge in [0.05, 0.1) is 0 Å². The predicted molar refractivity (Wildman–Crippen MR) is 120 cm³/mol. The molecule has 0 N–H and O–H groups in total. The Kier molecular flexibility index (Phi) is 9.65.